The van der Waals surface area contributed by atoms with Crippen LogP contribution in [0.4, 0.5) is 13.2 Å². The number of hydrogen-bond donors (Lipinski definition) is 1. The van der Waals surface area contributed by atoms with Crippen molar-refractivity contribution < 1.29 is 22.7 Å². The monoisotopic (exact) mass is 456 g/mol. The smallest absolute Gasteiger partial charge is 0.406 e. The van der Waals surface area contributed by atoms with Gasteiger partial charge in [0.15, 0.2) is 0 Å². The number of benzene rings is 2. The van der Waals surface area contributed by atoms with Crippen LogP contribution >= 0.6 is 23.2 Å². The second-order valence-corrected chi connectivity index (χ2v) is 7.47. The Labute approximate surface area is 178 Å². The lowest BCUT2D eigenvalue weighted by molar-refractivity contribution is -0.274. The number of nitrogens with two attached hydrogens (primary N) is 1. The van der Waals surface area contributed by atoms with E-state index >= 15 is 0 Å². The lowest BCUT2D eigenvalue weighted by Gasteiger charge is -2.25. The Bertz CT molecular complexity index is 1190. The highest BCUT2D eigenvalue weighted by molar-refractivity contribution is 6.35. The van der Waals surface area contributed by atoms with E-state index in [0.717, 1.165) is 18.2 Å². The Morgan fingerprint density at radius 1 is 1.27 bits per heavy atom. The lowest BCUT2D eigenvalue weighted by atomic mass is 9.80. The first-order valence-corrected chi connectivity index (χ1v) is 9.12. The summed E-state index contributed by atoms with van der Waals surface area (Å²) in [7, 11) is 0. The van der Waals surface area contributed by atoms with Gasteiger partial charge in [-0.2, -0.15) is 10.4 Å². The van der Waals surface area contributed by atoms with Gasteiger partial charge in [-0.05, 0) is 48.9 Å². The van der Waals surface area contributed by atoms with Gasteiger partial charge in [0.2, 0.25) is 5.91 Å². The van der Waals surface area contributed by atoms with E-state index in [1.165, 1.54) is 11.6 Å². The number of aromatic nitrogens is 2. The van der Waals surface area contributed by atoms with Crippen molar-refractivity contribution in [1.29, 1.82) is 5.26 Å². The van der Waals surface area contributed by atoms with E-state index in [0.29, 0.717) is 15.9 Å². The number of ether oxygens (including phenoxy) is 1. The molecule has 0 aliphatic rings. The second kappa shape index (κ2) is 7.70. The first-order chi connectivity index (χ1) is 13.9. The molecule has 1 heterocycles. The molecule has 30 heavy (non-hydrogen) atoms. The molecule has 2 N–H and O–H groups in total. The largest absolute Gasteiger partial charge is 0.573 e. The maximum Gasteiger partial charge on any atom is 0.573 e. The molecular formula is C19H13Cl2F3N4O2. The van der Waals surface area contributed by atoms with E-state index in [2.05, 4.69) is 9.84 Å². The van der Waals surface area contributed by atoms with Gasteiger partial charge in [0.1, 0.15) is 10.9 Å². The average Bonchev–Trinajstić information content (AvgIpc) is 2.94. The third-order valence-electron chi connectivity index (χ3n) is 4.43. The molecule has 0 bridgehead atoms. The summed E-state index contributed by atoms with van der Waals surface area (Å²) < 4.78 is 43.2. The predicted octanol–water partition coefficient (Wildman–Crippen LogP) is 4.82. The molecule has 0 spiro atoms. The topological polar surface area (TPSA) is 93.9 Å². The van der Waals surface area contributed by atoms with Crippen molar-refractivity contribution in [3.05, 3.63) is 57.7 Å². The van der Waals surface area contributed by atoms with E-state index in [9.17, 15) is 23.2 Å². The summed E-state index contributed by atoms with van der Waals surface area (Å²) in [6.45, 7) is 1.26. The maximum atomic E-state index is 12.6. The zero-order chi connectivity index (χ0) is 22.3. The van der Waals surface area contributed by atoms with E-state index in [-0.39, 0.29) is 22.8 Å². The number of halogens is 5. The minimum Gasteiger partial charge on any atom is -0.406 e. The van der Waals surface area contributed by atoms with Crippen LogP contribution in [0.15, 0.2) is 36.4 Å². The molecule has 0 aliphatic carbocycles. The number of fused-ring (bicyclic) bond motifs is 1. The number of carbonyl (C=O) groups excluding carboxylic acids is 1. The Morgan fingerprint density at radius 3 is 2.57 bits per heavy atom. The normalized spacial score (nSPS) is 13.6. The van der Waals surface area contributed by atoms with Gasteiger partial charge < -0.3 is 10.5 Å². The van der Waals surface area contributed by atoms with Crippen LogP contribution in [0.2, 0.25) is 10.2 Å². The minimum atomic E-state index is -4.95. The molecule has 1 aromatic heterocycles. The van der Waals surface area contributed by atoms with Crippen molar-refractivity contribution in [2.24, 2.45) is 5.73 Å². The molecule has 0 fully saturated rings. The number of nitriles is 1. The molecule has 2 aromatic carbocycles. The Morgan fingerprint density at radius 2 is 1.97 bits per heavy atom. The fourth-order valence-electron chi connectivity index (χ4n) is 3.05. The van der Waals surface area contributed by atoms with Crippen molar-refractivity contribution in [2.75, 3.05) is 0 Å². The summed E-state index contributed by atoms with van der Waals surface area (Å²) in [5.74, 6) is -1.50. The van der Waals surface area contributed by atoms with Gasteiger partial charge in [-0.25, -0.2) is 0 Å². The summed E-state index contributed by atoms with van der Waals surface area (Å²) in [6.07, 6.45) is -4.95. The van der Waals surface area contributed by atoms with Gasteiger partial charge in [-0.3, -0.25) is 9.48 Å². The maximum absolute atomic E-state index is 12.6. The molecule has 1 atom stereocenters. The van der Waals surface area contributed by atoms with Crippen molar-refractivity contribution in [3.63, 3.8) is 0 Å². The molecule has 0 saturated carbocycles. The quantitative estimate of drug-likeness (QED) is 0.595. The fraction of sp³-hybridized carbons (Fsp3) is 0.211. The van der Waals surface area contributed by atoms with Gasteiger partial charge in [-0.15, -0.1) is 13.2 Å². The van der Waals surface area contributed by atoms with Crippen LogP contribution in [-0.2, 0) is 12.0 Å². The fourth-order valence-corrected chi connectivity index (χ4v) is 3.48. The number of hydrogen-bond acceptors (Lipinski definition) is 4. The van der Waals surface area contributed by atoms with E-state index in [4.69, 9.17) is 28.9 Å². The molecule has 0 saturated heterocycles. The molecule has 1 unspecified atom stereocenters. The zero-order valence-corrected chi connectivity index (χ0v) is 16.8. The molecule has 3 rings (SSSR count). The van der Waals surface area contributed by atoms with Crippen LogP contribution < -0.4 is 10.5 Å². The lowest BCUT2D eigenvalue weighted by Crippen LogP contribution is -2.31. The van der Waals surface area contributed by atoms with E-state index in [1.807, 2.05) is 6.07 Å². The standard InChI is InChI=1S/C19H13Cl2F3N4O2/c1-18(8-25,9-28-16(21)13-4-2-10(20)6-15(13)27-28)14-7-11(30-19(22,23)24)3-5-12(14)17(26)29/h2-7H,9H2,1H3,(H2,26,29). The second-order valence-electron chi connectivity index (χ2n) is 6.67. The van der Waals surface area contributed by atoms with Crippen LogP contribution in [-0.4, -0.2) is 22.1 Å². The predicted molar refractivity (Wildman–Crippen MR) is 104 cm³/mol. The van der Waals surface area contributed by atoms with Crippen LogP contribution in [0.1, 0.15) is 22.8 Å². The number of alkyl halides is 3. The molecule has 11 heteroatoms. The van der Waals surface area contributed by atoms with Crippen molar-refractivity contribution in [1.82, 2.24) is 9.78 Å². The average molecular weight is 457 g/mol. The van der Waals surface area contributed by atoms with Crippen LogP contribution in [0.5, 0.6) is 5.75 Å². The number of carbonyl (C=O) groups is 1. The molecule has 156 valence electrons. The molecule has 6 nitrogen and oxygen atoms in total. The van der Waals surface area contributed by atoms with Crippen LogP contribution in [0.3, 0.4) is 0 Å². The summed E-state index contributed by atoms with van der Waals surface area (Å²) >= 11 is 12.3. The number of nitrogens with zero attached hydrogens (tertiary/aromatic N) is 3. The third-order valence-corrected chi connectivity index (χ3v) is 5.07. The van der Waals surface area contributed by atoms with Gasteiger partial charge in [0.25, 0.3) is 0 Å². The number of rotatable bonds is 5. The van der Waals surface area contributed by atoms with Gasteiger partial charge in [0.05, 0.1) is 23.5 Å². The van der Waals surface area contributed by atoms with Crippen molar-refractivity contribution >= 4 is 40.0 Å². The molecule has 0 aliphatic heterocycles. The Kier molecular flexibility index (Phi) is 5.58. The highest BCUT2D eigenvalue weighted by Crippen LogP contribution is 2.35. The molecule has 1 amide bonds. The van der Waals surface area contributed by atoms with Gasteiger partial charge in [0, 0.05) is 16.0 Å². The van der Waals surface area contributed by atoms with Crippen molar-refractivity contribution in [2.45, 2.75) is 25.2 Å². The van der Waals surface area contributed by atoms with Crippen molar-refractivity contribution in [3.8, 4) is 11.8 Å². The van der Waals surface area contributed by atoms with Gasteiger partial charge >= 0.3 is 6.36 Å². The van der Waals surface area contributed by atoms with Crippen LogP contribution in [0.25, 0.3) is 10.9 Å². The minimum absolute atomic E-state index is 0.0482. The molecule has 0 radical (unpaired) electrons. The highest BCUT2D eigenvalue weighted by atomic mass is 35.5. The third kappa shape index (κ3) is 4.30. The van der Waals surface area contributed by atoms with Crippen LogP contribution in [0, 0.1) is 11.3 Å². The molecular weight excluding hydrogens is 444 g/mol. The highest BCUT2D eigenvalue weighted by Gasteiger charge is 2.35. The summed E-state index contributed by atoms with van der Waals surface area (Å²) in [5, 5.41) is 15.4. The number of primary amides is 1. The van der Waals surface area contributed by atoms with E-state index < -0.39 is 23.4 Å². The molecule has 3 aromatic rings. The zero-order valence-electron chi connectivity index (χ0n) is 15.3. The summed E-state index contributed by atoms with van der Waals surface area (Å²) in [4.78, 5) is 11.9. The van der Waals surface area contributed by atoms with E-state index in [1.54, 1.807) is 18.2 Å². The summed E-state index contributed by atoms with van der Waals surface area (Å²) in [6, 6.07) is 9.86. The first kappa shape index (κ1) is 21.7. The van der Waals surface area contributed by atoms with Gasteiger partial charge in [-0.1, -0.05) is 23.2 Å². The SMILES string of the molecule is CC(C#N)(Cn1nc2cc(Cl)ccc2c1Cl)c1cc(OC(F)(F)F)ccc1C(N)=O. The first-order valence-electron chi connectivity index (χ1n) is 8.36. The Hall–Kier alpha value is -2.96. The Balaban J connectivity index is 2.11. The number of amides is 1. The summed E-state index contributed by atoms with van der Waals surface area (Å²) in [5.41, 5.74) is 4.15.